The first-order valence-corrected chi connectivity index (χ1v) is 19.3. The Kier molecular flexibility index (Phi) is 37.0. The van der Waals surface area contributed by atoms with Crippen molar-refractivity contribution >= 4 is 5.97 Å². The fraction of sp³-hybridized carbons (Fsp3) is 0.875. The van der Waals surface area contributed by atoms with Gasteiger partial charge in [0.25, 0.3) is 0 Å². The van der Waals surface area contributed by atoms with E-state index in [0.29, 0.717) is 6.42 Å². The Bertz CT molecular complexity index is 564. The van der Waals surface area contributed by atoms with E-state index in [1.165, 1.54) is 186 Å². The number of allylic oxidation sites excluding steroid dienone is 3. The fourth-order valence-corrected chi connectivity index (χ4v) is 5.75. The zero-order valence-corrected chi connectivity index (χ0v) is 29.0. The minimum Gasteiger partial charge on any atom is -0.435 e. The van der Waals surface area contributed by atoms with Crippen LogP contribution in [-0.4, -0.2) is 5.97 Å². The number of unbranched alkanes of at least 4 members (excludes halogenated alkanes) is 29. The Morgan fingerprint density at radius 3 is 1.02 bits per heavy atom. The van der Waals surface area contributed by atoms with Crippen LogP contribution in [0.25, 0.3) is 0 Å². The number of hydrogen-bond donors (Lipinski definition) is 0. The molecule has 0 saturated heterocycles. The summed E-state index contributed by atoms with van der Waals surface area (Å²) < 4.78 is 5.27. The van der Waals surface area contributed by atoms with Crippen LogP contribution in [0.2, 0.25) is 0 Å². The third-order valence-corrected chi connectivity index (χ3v) is 8.66. The van der Waals surface area contributed by atoms with E-state index < -0.39 is 0 Å². The van der Waals surface area contributed by atoms with Gasteiger partial charge in [-0.15, -0.1) is 0 Å². The summed E-state index contributed by atoms with van der Waals surface area (Å²) in [5, 5.41) is 0. The van der Waals surface area contributed by atoms with Crippen LogP contribution in [0.1, 0.15) is 226 Å². The van der Waals surface area contributed by atoms with Gasteiger partial charge in [0.1, 0.15) is 0 Å². The van der Waals surface area contributed by atoms with Gasteiger partial charge in [-0.1, -0.05) is 187 Å². The molecule has 0 heterocycles. The van der Waals surface area contributed by atoms with Crippen LogP contribution in [0.3, 0.4) is 0 Å². The van der Waals surface area contributed by atoms with Crippen molar-refractivity contribution in [3.05, 3.63) is 24.5 Å². The van der Waals surface area contributed by atoms with Gasteiger partial charge in [-0.05, 0) is 51.0 Å². The van der Waals surface area contributed by atoms with Crippen molar-refractivity contribution < 1.29 is 9.53 Å². The van der Waals surface area contributed by atoms with Crippen molar-refractivity contribution in [2.24, 2.45) is 0 Å². The number of hydrogen-bond acceptors (Lipinski definition) is 2. The lowest BCUT2D eigenvalue weighted by molar-refractivity contribution is -0.138. The summed E-state index contributed by atoms with van der Waals surface area (Å²) in [5.41, 5.74) is 0. The lowest BCUT2D eigenvalue weighted by Crippen LogP contribution is -1.98. The number of carbonyl (C=O) groups excluding carboxylic acids is 1. The predicted molar refractivity (Wildman–Crippen MR) is 188 cm³/mol. The van der Waals surface area contributed by atoms with E-state index in [1.807, 2.05) is 6.08 Å². The lowest BCUT2D eigenvalue weighted by Gasteiger charge is -2.03. The molecule has 0 aliphatic rings. The molecular weight excluding hydrogens is 512 g/mol. The smallest absolute Gasteiger partial charge is 0.310 e. The third-order valence-electron chi connectivity index (χ3n) is 8.66. The molecule has 0 N–H and O–H groups in total. The maximum atomic E-state index is 11.9. The number of carbonyl (C=O) groups is 1. The van der Waals surface area contributed by atoms with Gasteiger partial charge in [-0.3, -0.25) is 4.79 Å². The van der Waals surface area contributed by atoms with Gasteiger partial charge < -0.3 is 4.74 Å². The summed E-state index contributed by atoms with van der Waals surface area (Å²) in [7, 11) is 0. The molecular formula is C40H76O2. The van der Waals surface area contributed by atoms with E-state index in [4.69, 9.17) is 4.74 Å². The van der Waals surface area contributed by atoms with Gasteiger partial charge in [-0.2, -0.15) is 0 Å². The summed E-state index contributed by atoms with van der Waals surface area (Å²) in [4.78, 5) is 11.9. The molecule has 248 valence electrons. The van der Waals surface area contributed by atoms with Crippen LogP contribution < -0.4 is 0 Å². The molecule has 0 rings (SSSR count). The topological polar surface area (TPSA) is 26.3 Å². The normalized spacial score (nSPS) is 11.8. The Hall–Kier alpha value is -1.05. The molecule has 0 atom stereocenters. The van der Waals surface area contributed by atoms with Crippen LogP contribution in [0.5, 0.6) is 0 Å². The molecule has 0 aliphatic heterocycles. The maximum Gasteiger partial charge on any atom is 0.310 e. The highest BCUT2D eigenvalue weighted by molar-refractivity contribution is 5.69. The third kappa shape index (κ3) is 37.0. The van der Waals surface area contributed by atoms with Gasteiger partial charge in [0.15, 0.2) is 0 Å². The molecule has 0 unspecified atom stereocenters. The molecule has 0 aromatic heterocycles. The second-order valence-electron chi connectivity index (χ2n) is 13.0. The predicted octanol–water partition coefficient (Wildman–Crippen LogP) is 14.5. The Morgan fingerprint density at radius 2 is 0.667 bits per heavy atom. The standard InChI is InChI=1S/C40H76O2/c1-3-5-7-9-11-13-15-17-19-20-21-22-23-25-27-29-31-33-35-37-39-42-40(41)38-36-34-32-30-28-26-24-18-16-14-12-10-8-6-4-2/h18,24,37,39H,3-17,19-23,25-36,38H2,1-2H3. The molecule has 0 spiro atoms. The van der Waals surface area contributed by atoms with Crippen molar-refractivity contribution in [1.29, 1.82) is 0 Å². The number of rotatable bonds is 35. The first-order valence-electron chi connectivity index (χ1n) is 19.3. The van der Waals surface area contributed by atoms with Crippen LogP contribution in [0.15, 0.2) is 24.5 Å². The molecule has 0 aromatic carbocycles. The van der Waals surface area contributed by atoms with Crippen LogP contribution >= 0.6 is 0 Å². The minimum absolute atomic E-state index is 0.0679. The zero-order chi connectivity index (χ0) is 30.4. The molecule has 2 nitrogen and oxygen atoms in total. The molecule has 0 aliphatic carbocycles. The number of ether oxygens (including phenoxy) is 1. The molecule has 0 fully saturated rings. The summed E-state index contributed by atoms with van der Waals surface area (Å²) in [6, 6.07) is 0. The van der Waals surface area contributed by atoms with Gasteiger partial charge in [0, 0.05) is 6.42 Å². The molecule has 0 radical (unpaired) electrons. The molecule has 42 heavy (non-hydrogen) atoms. The SMILES string of the molecule is CCCCCCCCC=CCCCCCCCC(=O)OC=CCCCCCCCCCCCCCCCCCCCC. The summed E-state index contributed by atoms with van der Waals surface area (Å²) in [6.45, 7) is 4.57. The van der Waals surface area contributed by atoms with E-state index in [1.54, 1.807) is 6.26 Å². The summed E-state index contributed by atoms with van der Waals surface area (Å²) in [6.07, 6.45) is 52.0. The monoisotopic (exact) mass is 589 g/mol. The van der Waals surface area contributed by atoms with Gasteiger partial charge >= 0.3 is 5.97 Å². The Balaban J connectivity index is 3.24. The van der Waals surface area contributed by atoms with Crippen molar-refractivity contribution in [2.45, 2.75) is 226 Å². The average molecular weight is 589 g/mol. The zero-order valence-electron chi connectivity index (χ0n) is 29.0. The van der Waals surface area contributed by atoms with Crippen molar-refractivity contribution in [3.63, 3.8) is 0 Å². The molecule has 0 aromatic rings. The second-order valence-corrected chi connectivity index (χ2v) is 13.0. The lowest BCUT2D eigenvalue weighted by atomic mass is 10.0. The van der Waals surface area contributed by atoms with Gasteiger partial charge in [0.05, 0.1) is 6.26 Å². The van der Waals surface area contributed by atoms with E-state index in [9.17, 15) is 4.79 Å². The van der Waals surface area contributed by atoms with Crippen LogP contribution in [0.4, 0.5) is 0 Å². The van der Waals surface area contributed by atoms with Crippen molar-refractivity contribution in [1.82, 2.24) is 0 Å². The average Bonchev–Trinajstić information content (AvgIpc) is 3.00. The van der Waals surface area contributed by atoms with E-state index >= 15 is 0 Å². The largest absolute Gasteiger partial charge is 0.435 e. The fourth-order valence-electron chi connectivity index (χ4n) is 5.75. The minimum atomic E-state index is -0.0679. The highest BCUT2D eigenvalue weighted by Gasteiger charge is 2.00. The first-order chi connectivity index (χ1) is 20.8. The summed E-state index contributed by atoms with van der Waals surface area (Å²) >= 11 is 0. The van der Waals surface area contributed by atoms with Gasteiger partial charge in [-0.25, -0.2) is 0 Å². The Morgan fingerprint density at radius 1 is 0.381 bits per heavy atom. The van der Waals surface area contributed by atoms with E-state index in [0.717, 1.165) is 19.3 Å². The second kappa shape index (κ2) is 38.0. The van der Waals surface area contributed by atoms with Crippen LogP contribution in [-0.2, 0) is 9.53 Å². The van der Waals surface area contributed by atoms with Crippen LogP contribution in [0, 0.1) is 0 Å². The van der Waals surface area contributed by atoms with Gasteiger partial charge in [0.2, 0.25) is 0 Å². The highest BCUT2D eigenvalue weighted by atomic mass is 16.5. The van der Waals surface area contributed by atoms with Crippen molar-refractivity contribution in [3.8, 4) is 0 Å². The molecule has 0 bridgehead atoms. The molecule has 2 heteroatoms. The number of esters is 1. The van der Waals surface area contributed by atoms with Crippen molar-refractivity contribution in [2.75, 3.05) is 0 Å². The van der Waals surface area contributed by atoms with E-state index in [-0.39, 0.29) is 5.97 Å². The molecule has 0 saturated carbocycles. The Labute approximate surface area is 265 Å². The quantitative estimate of drug-likeness (QED) is 0.0318. The molecule has 0 amide bonds. The first kappa shape index (κ1) is 41.0. The summed E-state index contributed by atoms with van der Waals surface area (Å²) in [5.74, 6) is -0.0679. The maximum absolute atomic E-state index is 11.9. The van der Waals surface area contributed by atoms with E-state index in [2.05, 4.69) is 26.0 Å². The highest BCUT2D eigenvalue weighted by Crippen LogP contribution is 2.15.